The second-order valence-electron chi connectivity index (χ2n) is 8.38. The summed E-state index contributed by atoms with van der Waals surface area (Å²) in [6.07, 6.45) is 7.58. The molecule has 1 N–H and O–H groups in total. The highest BCUT2D eigenvalue weighted by molar-refractivity contribution is 6.32. The molecule has 1 aliphatic heterocycles. The van der Waals surface area contributed by atoms with Crippen LogP contribution in [0.25, 0.3) is 0 Å². The van der Waals surface area contributed by atoms with Crippen molar-refractivity contribution in [2.75, 3.05) is 19.0 Å². The number of benzene rings is 3. The van der Waals surface area contributed by atoms with Gasteiger partial charge in [-0.2, -0.15) is 0 Å². The number of allylic oxidation sites excluding steroid dienone is 2. The summed E-state index contributed by atoms with van der Waals surface area (Å²) >= 11 is 6.38. The topological polar surface area (TPSA) is 42.8 Å². The van der Waals surface area contributed by atoms with E-state index in [-0.39, 0.29) is 6.04 Å². The third-order valence-electron chi connectivity index (χ3n) is 6.43. The summed E-state index contributed by atoms with van der Waals surface area (Å²) in [7, 11) is 1.61. The van der Waals surface area contributed by atoms with E-state index in [9.17, 15) is 0 Å². The van der Waals surface area contributed by atoms with E-state index in [1.807, 2.05) is 19.1 Å². The van der Waals surface area contributed by atoms with Crippen LogP contribution in [0.1, 0.15) is 42.0 Å². The number of fused-ring (bicyclic) bond motifs is 3. The van der Waals surface area contributed by atoms with Crippen molar-refractivity contribution < 1.29 is 9.47 Å². The third-order valence-corrected chi connectivity index (χ3v) is 6.71. The van der Waals surface area contributed by atoms with Gasteiger partial charge in [-0.05, 0) is 66.3 Å². The fourth-order valence-electron chi connectivity index (χ4n) is 4.89. The standard InChI is InChI=1S/C28H27ClN2O2/c1-3-33-28-24(29)15-18(16-26(28)32-2)17-30-20-13-11-19(12-14-20)27-23-9-6-8-21(23)22-7-4-5-10-25(22)31-27/h4-8,10-17,21,23,27,31H,3,9H2,1-2H3/t21-,23-,27-/m0/s1. The average molecular weight is 459 g/mol. The smallest absolute Gasteiger partial charge is 0.179 e. The molecule has 3 aromatic rings. The van der Waals surface area contributed by atoms with E-state index in [0.717, 1.165) is 17.7 Å². The highest BCUT2D eigenvalue weighted by Gasteiger charge is 2.37. The van der Waals surface area contributed by atoms with Gasteiger partial charge in [-0.1, -0.05) is 54.1 Å². The molecule has 4 nitrogen and oxygen atoms in total. The summed E-state index contributed by atoms with van der Waals surface area (Å²) in [6, 6.07) is 21.1. The molecule has 0 radical (unpaired) electrons. The lowest BCUT2D eigenvalue weighted by atomic mass is 9.77. The second-order valence-corrected chi connectivity index (χ2v) is 8.79. The fourth-order valence-corrected chi connectivity index (χ4v) is 5.16. The minimum Gasteiger partial charge on any atom is -0.493 e. The molecule has 2 aliphatic rings. The zero-order valence-corrected chi connectivity index (χ0v) is 19.5. The molecule has 0 spiro atoms. The number of hydrogen-bond acceptors (Lipinski definition) is 4. The molecule has 3 atom stereocenters. The Balaban J connectivity index is 1.36. The molecule has 0 aromatic heterocycles. The molecule has 0 saturated heterocycles. The lowest BCUT2D eigenvalue weighted by Crippen LogP contribution is -2.28. The summed E-state index contributed by atoms with van der Waals surface area (Å²) in [5.41, 5.74) is 5.67. The van der Waals surface area contributed by atoms with Gasteiger partial charge in [-0.25, -0.2) is 0 Å². The summed E-state index contributed by atoms with van der Waals surface area (Å²) < 4.78 is 11.0. The Hall–Kier alpha value is -3.24. The van der Waals surface area contributed by atoms with Crippen LogP contribution < -0.4 is 14.8 Å². The maximum absolute atomic E-state index is 6.38. The number of nitrogens with one attached hydrogen (secondary N) is 1. The van der Waals surface area contributed by atoms with E-state index in [1.54, 1.807) is 13.3 Å². The minimum atomic E-state index is 0.284. The molecule has 1 heterocycles. The number of ether oxygens (including phenoxy) is 2. The van der Waals surface area contributed by atoms with E-state index < -0.39 is 0 Å². The summed E-state index contributed by atoms with van der Waals surface area (Å²) in [6.45, 7) is 2.44. The lowest BCUT2D eigenvalue weighted by Gasteiger charge is -2.37. The highest BCUT2D eigenvalue weighted by Crippen LogP contribution is 2.49. The van der Waals surface area contributed by atoms with Crippen molar-refractivity contribution in [2.45, 2.75) is 25.3 Å². The zero-order valence-electron chi connectivity index (χ0n) is 18.8. The van der Waals surface area contributed by atoms with Crippen LogP contribution in [0.5, 0.6) is 11.5 Å². The van der Waals surface area contributed by atoms with E-state index in [2.05, 4.69) is 71.0 Å². The molecule has 5 heteroatoms. The molecular weight excluding hydrogens is 432 g/mol. The molecule has 168 valence electrons. The first kappa shape index (κ1) is 21.6. The first-order valence-electron chi connectivity index (χ1n) is 11.3. The Bertz CT molecular complexity index is 1200. The Morgan fingerprint density at radius 3 is 2.73 bits per heavy atom. The van der Waals surface area contributed by atoms with Crippen LogP contribution in [0.4, 0.5) is 11.4 Å². The van der Waals surface area contributed by atoms with Gasteiger partial charge < -0.3 is 14.8 Å². The number of hydrogen-bond donors (Lipinski definition) is 1. The van der Waals surface area contributed by atoms with Gasteiger partial charge in [0, 0.05) is 17.8 Å². The van der Waals surface area contributed by atoms with E-state index in [0.29, 0.717) is 35.0 Å². The molecule has 33 heavy (non-hydrogen) atoms. The molecule has 0 bridgehead atoms. The number of methoxy groups -OCH3 is 1. The van der Waals surface area contributed by atoms with Crippen molar-refractivity contribution >= 4 is 29.2 Å². The van der Waals surface area contributed by atoms with Gasteiger partial charge in [0.05, 0.1) is 30.5 Å². The Labute approximate surface area is 199 Å². The van der Waals surface area contributed by atoms with E-state index in [1.165, 1.54) is 16.8 Å². The summed E-state index contributed by atoms with van der Waals surface area (Å²) in [5, 5.41) is 4.29. The number of anilines is 1. The van der Waals surface area contributed by atoms with E-state index >= 15 is 0 Å². The fraction of sp³-hybridized carbons (Fsp3) is 0.250. The summed E-state index contributed by atoms with van der Waals surface area (Å²) in [5.74, 6) is 2.17. The number of rotatable bonds is 6. The zero-order chi connectivity index (χ0) is 22.8. The van der Waals surface area contributed by atoms with Crippen molar-refractivity contribution in [3.8, 4) is 11.5 Å². The maximum atomic E-state index is 6.38. The first-order valence-corrected chi connectivity index (χ1v) is 11.7. The predicted octanol–water partition coefficient (Wildman–Crippen LogP) is 7.32. The predicted molar refractivity (Wildman–Crippen MR) is 136 cm³/mol. The molecule has 0 unspecified atom stereocenters. The van der Waals surface area contributed by atoms with Gasteiger partial charge >= 0.3 is 0 Å². The molecule has 5 rings (SSSR count). The number of para-hydroxylation sites is 1. The Morgan fingerprint density at radius 2 is 1.94 bits per heavy atom. The summed E-state index contributed by atoms with van der Waals surface area (Å²) in [4.78, 5) is 4.64. The Kier molecular flexibility index (Phi) is 6.10. The molecule has 0 fully saturated rings. The molecule has 3 aromatic carbocycles. The van der Waals surface area contributed by atoms with Crippen LogP contribution in [0.3, 0.4) is 0 Å². The van der Waals surface area contributed by atoms with Crippen LogP contribution in [0, 0.1) is 5.92 Å². The lowest BCUT2D eigenvalue weighted by molar-refractivity contribution is 0.311. The van der Waals surface area contributed by atoms with Gasteiger partial charge in [-0.3, -0.25) is 4.99 Å². The van der Waals surface area contributed by atoms with Gasteiger partial charge in [0.2, 0.25) is 0 Å². The SMILES string of the molecule is CCOc1c(Cl)cc(C=Nc2ccc([C@@H]3Nc4ccccc4[C@@H]4C=CC[C@@H]43)cc2)cc1OC. The minimum absolute atomic E-state index is 0.284. The molecule has 0 saturated carbocycles. The van der Waals surface area contributed by atoms with Crippen molar-refractivity contribution in [2.24, 2.45) is 10.9 Å². The Morgan fingerprint density at radius 1 is 1.12 bits per heavy atom. The van der Waals surface area contributed by atoms with Crippen LogP contribution in [0.2, 0.25) is 5.02 Å². The highest BCUT2D eigenvalue weighted by atomic mass is 35.5. The quantitative estimate of drug-likeness (QED) is 0.310. The van der Waals surface area contributed by atoms with Gasteiger partial charge in [0.25, 0.3) is 0 Å². The number of nitrogens with zero attached hydrogens (tertiary/aromatic N) is 1. The van der Waals surface area contributed by atoms with Crippen molar-refractivity contribution in [3.63, 3.8) is 0 Å². The van der Waals surface area contributed by atoms with Crippen LogP contribution in [-0.2, 0) is 0 Å². The monoisotopic (exact) mass is 458 g/mol. The van der Waals surface area contributed by atoms with Crippen LogP contribution in [0.15, 0.2) is 77.8 Å². The molecule has 1 aliphatic carbocycles. The third kappa shape index (κ3) is 4.23. The average Bonchev–Trinajstić information content (AvgIpc) is 3.34. The number of aliphatic imine (C=N–C) groups is 1. The van der Waals surface area contributed by atoms with Crippen LogP contribution >= 0.6 is 11.6 Å². The van der Waals surface area contributed by atoms with Gasteiger partial charge in [0.15, 0.2) is 11.5 Å². The largest absolute Gasteiger partial charge is 0.493 e. The number of halogens is 1. The van der Waals surface area contributed by atoms with Gasteiger partial charge in [-0.15, -0.1) is 0 Å². The van der Waals surface area contributed by atoms with Crippen LogP contribution in [-0.4, -0.2) is 19.9 Å². The normalized spacial score (nSPS) is 20.9. The van der Waals surface area contributed by atoms with Crippen molar-refractivity contribution in [3.05, 3.63) is 94.5 Å². The molecular formula is C28H27ClN2O2. The first-order chi connectivity index (χ1) is 16.2. The van der Waals surface area contributed by atoms with Crippen molar-refractivity contribution in [1.82, 2.24) is 0 Å². The molecule has 0 amide bonds. The second kappa shape index (κ2) is 9.32. The van der Waals surface area contributed by atoms with Crippen molar-refractivity contribution in [1.29, 1.82) is 0 Å². The van der Waals surface area contributed by atoms with E-state index in [4.69, 9.17) is 21.1 Å². The maximum Gasteiger partial charge on any atom is 0.179 e. The van der Waals surface area contributed by atoms with Gasteiger partial charge in [0.1, 0.15) is 0 Å².